The van der Waals surface area contributed by atoms with Crippen LogP contribution in [-0.2, 0) is 0 Å². The molecule has 0 bridgehead atoms. The zero-order valence-corrected chi connectivity index (χ0v) is 16.7. The van der Waals surface area contributed by atoms with Crippen LogP contribution in [0.3, 0.4) is 0 Å². The minimum absolute atomic E-state index is 0.00925. The second-order valence-electron chi connectivity index (χ2n) is 5.95. The van der Waals surface area contributed by atoms with Gasteiger partial charge in [0, 0.05) is 11.8 Å². The fraction of sp³-hybridized carbons (Fsp3) is 0.200. The van der Waals surface area contributed by atoms with Crippen LogP contribution in [0.25, 0.3) is 0 Å². The number of anilines is 4. The zero-order chi connectivity index (χ0) is 21.5. The molecule has 0 aliphatic heterocycles. The van der Waals surface area contributed by atoms with Crippen molar-refractivity contribution in [2.75, 3.05) is 31.5 Å². The normalized spacial score (nSPS) is 10.2. The first-order valence-corrected chi connectivity index (χ1v) is 9.04. The average Bonchev–Trinajstić information content (AvgIpc) is 2.75. The Hall–Kier alpha value is -4.08. The van der Waals surface area contributed by atoms with Crippen LogP contribution in [0.2, 0.25) is 0 Å². The van der Waals surface area contributed by atoms with Crippen molar-refractivity contribution in [1.82, 2.24) is 9.97 Å². The fourth-order valence-corrected chi connectivity index (χ4v) is 2.71. The Bertz CT molecular complexity index is 1030. The Labute approximate surface area is 173 Å². The highest BCUT2D eigenvalue weighted by Gasteiger charge is 2.24. The summed E-state index contributed by atoms with van der Waals surface area (Å²) < 4.78 is 15.9. The molecule has 0 unspecified atom stereocenters. The number of ether oxygens (including phenoxy) is 3. The summed E-state index contributed by atoms with van der Waals surface area (Å²) >= 11 is 0. The molecule has 0 saturated carbocycles. The van der Waals surface area contributed by atoms with E-state index in [1.165, 1.54) is 20.5 Å². The predicted octanol–water partition coefficient (Wildman–Crippen LogP) is 4.29. The number of hydrogen-bond acceptors (Lipinski definition) is 9. The fourth-order valence-electron chi connectivity index (χ4n) is 2.71. The van der Waals surface area contributed by atoms with E-state index in [9.17, 15) is 10.1 Å². The van der Waals surface area contributed by atoms with Gasteiger partial charge < -0.3 is 24.8 Å². The molecule has 10 nitrogen and oxygen atoms in total. The van der Waals surface area contributed by atoms with Gasteiger partial charge in [-0.25, -0.2) is 9.97 Å². The monoisotopic (exact) mass is 411 g/mol. The smallest absolute Gasteiger partial charge is 0.353 e. The van der Waals surface area contributed by atoms with E-state index in [4.69, 9.17) is 14.2 Å². The van der Waals surface area contributed by atoms with Crippen molar-refractivity contribution in [3.63, 3.8) is 0 Å². The summed E-state index contributed by atoms with van der Waals surface area (Å²) in [6, 6.07) is 12.1. The van der Waals surface area contributed by atoms with Gasteiger partial charge in [-0.05, 0) is 43.3 Å². The van der Waals surface area contributed by atoms with E-state index in [2.05, 4.69) is 20.6 Å². The van der Waals surface area contributed by atoms with Gasteiger partial charge >= 0.3 is 5.69 Å². The summed E-state index contributed by atoms with van der Waals surface area (Å²) in [5.74, 6) is 1.79. The first kappa shape index (κ1) is 20.6. The van der Waals surface area contributed by atoms with Gasteiger partial charge in [0.05, 0.1) is 31.4 Å². The Kier molecular flexibility index (Phi) is 6.48. The van der Waals surface area contributed by atoms with Crippen LogP contribution in [0.1, 0.15) is 6.92 Å². The molecule has 0 aliphatic rings. The highest BCUT2D eigenvalue weighted by Crippen LogP contribution is 2.37. The Morgan fingerprint density at radius 2 is 1.63 bits per heavy atom. The molecular weight excluding hydrogens is 390 g/mol. The number of methoxy groups -OCH3 is 2. The van der Waals surface area contributed by atoms with Gasteiger partial charge in [-0.1, -0.05) is 0 Å². The molecule has 1 heterocycles. The van der Waals surface area contributed by atoms with Crippen molar-refractivity contribution in [3.05, 3.63) is 58.9 Å². The van der Waals surface area contributed by atoms with Crippen LogP contribution in [0.15, 0.2) is 48.8 Å². The maximum absolute atomic E-state index is 11.8. The van der Waals surface area contributed by atoms with Gasteiger partial charge in [-0.3, -0.25) is 10.1 Å². The topological polar surface area (TPSA) is 121 Å². The molecule has 0 amide bonds. The molecule has 0 saturated heterocycles. The van der Waals surface area contributed by atoms with Crippen molar-refractivity contribution >= 4 is 28.7 Å². The lowest BCUT2D eigenvalue weighted by molar-refractivity contribution is -0.383. The third-order valence-electron chi connectivity index (χ3n) is 4.09. The second-order valence-corrected chi connectivity index (χ2v) is 5.95. The molecule has 0 radical (unpaired) electrons. The van der Waals surface area contributed by atoms with E-state index in [0.717, 1.165) is 0 Å². The summed E-state index contributed by atoms with van der Waals surface area (Å²) in [5.41, 5.74) is 0.770. The van der Waals surface area contributed by atoms with Gasteiger partial charge in [-0.15, -0.1) is 0 Å². The minimum atomic E-state index is -0.550. The summed E-state index contributed by atoms with van der Waals surface area (Å²) in [6.07, 6.45) is 1.23. The SMILES string of the molecule is CCOc1ccc(Nc2ncnc(Nc3cc(OC)ccc3OC)c2[N+](=O)[O-])cc1. The summed E-state index contributed by atoms with van der Waals surface area (Å²) in [7, 11) is 3.03. The predicted molar refractivity (Wildman–Crippen MR) is 112 cm³/mol. The third kappa shape index (κ3) is 4.66. The quantitative estimate of drug-likeness (QED) is 0.392. The van der Waals surface area contributed by atoms with Crippen LogP contribution in [-0.4, -0.2) is 35.7 Å². The van der Waals surface area contributed by atoms with Crippen LogP contribution < -0.4 is 24.8 Å². The van der Waals surface area contributed by atoms with Crippen molar-refractivity contribution in [2.24, 2.45) is 0 Å². The number of benzene rings is 2. The van der Waals surface area contributed by atoms with Crippen LogP contribution in [0.5, 0.6) is 17.2 Å². The Balaban J connectivity index is 1.94. The van der Waals surface area contributed by atoms with Crippen molar-refractivity contribution in [1.29, 1.82) is 0 Å². The maximum Gasteiger partial charge on any atom is 0.353 e. The number of hydrogen-bond donors (Lipinski definition) is 2. The molecule has 0 atom stereocenters. The molecule has 0 spiro atoms. The van der Waals surface area contributed by atoms with Gasteiger partial charge in [0.25, 0.3) is 0 Å². The average molecular weight is 411 g/mol. The largest absolute Gasteiger partial charge is 0.497 e. The summed E-state index contributed by atoms with van der Waals surface area (Å²) in [5, 5.41) is 17.7. The number of nitrogens with zero attached hydrogens (tertiary/aromatic N) is 3. The highest BCUT2D eigenvalue weighted by molar-refractivity contribution is 5.78. The lowest BCUT2D eigenvalue weighted by Crippen LogP contribution is -2.06. The van der Waals surface area contributed by atoms with Crippen LogP contribution in [0.4, 0.5) is 28.7 Å². The van der Waals surface area contributed by atoms with Gasteiger partial charge in [-0.2, -0.15) is 0 Å². The van der Waals surface area contributed by atoms with Gasteiger partial charge in [0.15, 0.2) is 0 Å². The van der Waals surface area contributed by atoms with Crippen molar-refractivity contribution in [3.8, 4) is 17.2 Å². The van der Waals surface area contributed by atoms with E-state index in [1.54, 1.807) is 42.5 Å². The number of nitro groups is 1. The summed E-state index contributed by atoms with van der Waals surface area (Å²) in [6.45, 7) is 2.44. The number of nitrogens with one attached hydrogen (secondary N) is 2. The molecule has 10 heteroatoms. The molecule has 30 heavy (non-hydrogen) atoms. The highest BCUT2D eigenvalue weighted by atomic mass is 16.6. The first-order valence-electron chi connectivity index (χ1n) is 9.04. The Morgan fingerprint density at radius 3 is 2.23 bits per heavy atom. The van der Waals surface area contributed by atoms with Gasteiger partial charge in [0.1, 0.15) is 23.6 Å². The number of rotatable bonds is 9. The Morgan fingerprint density at radius 1 is 0.967 bits per heavy atom. The van der Waals surface area contributed by atoms with E-state index in [1.807, 2.05) is 6.92 Å². The zero-order valence-electron chi connectivity index (χ0n) is 16.7. The molecule has 2 aromatic carbocycles. The molecule has 156 valence electrons. The lowest BCUT2D eigenvalue weighted by Gasteiger charge is -2.13. The minimum Gasteiger partial charge on any atom is -0.497 e. The van der Waals surface area contributed by atoms with Crippen LogP contribution in [0, 0.1) is 10.1 Å². The van der Waals surface area contributed by atoms with Crippen LogP contribution >= 0.6 is 0 Å². The maximum atomic E-state index is 11.8. The molecule has 2 N–H and O–H groups in total. The molecule has 0 aliphatic carbocycles. The third-order valence-corrected chi connectivity index (χ3v) is 4.09. The van der Waals surface area contributed by atoms with Crippen molar-refractivity contribution in [2.45, 2.75) is 6.92 Å². The molecule has 0 fully saturated rings. The van der Waals surface area contributed by atoms with Gasteiger partial charge in [0.2, 0.25) is 11.6 Å². The summed E-state index contributed by atoms with van der Waals surface area (Å²) in [4.78, 5) is 19.3. The number of aromatic nitrogens is 2. The molecule has 1 aromatic heterocycles. The van der Waals surface area contributed by atoms with E-state index >= 15 is 0 Å². The van der Waals surface area contributed by atoms with Crippen molar-refractivity contribution < 1.29 is 19.1 Å². The molecule has 3 rings (SSSR count). The standard InChI is InChI=1S/C20H21N5O5/c1-4-30-14-7-5-13(6-8-14)23-19-18(25(26)27)20(22-12-21-19)24-16-11-15(28-2)9-10-17(16)29-3/h5-12H,4H2,1-3H3,(H2,21,22,23,24). The lowest BCUT2D eigenvalue weighted by atomic mass is 10.2. The second kappa shape index (κ2) is 9.41. The van der Waals surface area contributed by atoms with E-state index in [-0.39, 0.29) is 17.3 Å². The molecular formula is C20H21N5O5. The first-order chi connectivity index (χ1) is 14.5. The molecule has 3 aromatic rings. The van der Waals surface area contributed by atoms with E-state index < -0.39 is 4.92 Å². The van der Waals surface area contributed by atoms with E-state index in [0.29, 0.717) is 35.2 Å².